The number of sulfone groups is 1. The number of methoxy groups -OCH3 is 1. The maximum atomic E-state index is 12.5. The molecule has 1 saturated heterocycles. The minimum Gasteiger partial charge on any atom is -0.497 e. The van der Waals surface area contributed by atoms with Crippen LogP contribution in [0.1, 0.15) is 38.2 Å². The number of benzene rings is 1. The lowest BCUT2D eigenvalue weighted by Gasteiger charge is -2.28. The summed E-state index contributed by atoms with van der Waals surface area (Å²) >= 11 is 0. The Balaban J connectivity index is 2.13. The number of unbranched alkanes of at least 4 members (excludes halogenated alkanes) is 1. The van der Waals surface area contributed by atoms with Gasteiger partial charge in [0, 0.05) is 19.0 Å². The highest BCUT2D eigenvalue weighted by molar-refractivity contribution is 7.91. The first kappa shape index (κ1) is 17.8. The molecule has 0 spiro atoms. The SMILES string of the molecule is CCCCC(=O)N(Cc1ccc(OC)cc1)C1CCS(=O)(=O)C1. The second-order valence-electron chi connectivity index (χ2n) is 6.03. The minimum absolute atomic E-state index is 0.0461. The molecule has 0 saturated carbocycles. The highest BCUT2D eigenvalue weighted by Crippen LogP contribution is 2.22. The summed E-state index contributed by atoms with van der Waals surface area (Å²) in [5, 5.41) is 0. The number of nitrogens with zero attached hydrogens (tertiary/aromatic N) is 1. The Hall–Kier alpha value is -1.56. The van der Waals surface area contributed by atoms with E-state index < -0.39 is 9.84 Å². The average molecular weight is 339 g/mol. The van der Waals surface area contributed by atoms with Gasteiger partial charge in [-0.3, -0.25) is 4.79 Å². The molecule has 1 aliphatic rings. The molecule has 1 aromatic rings. The third-order valence-electron chi connectivity index (χ3n) is 4.23. The molecular weight excluding hydrogens is 314 g/mol. The van der Waals surface area contributed by atoms with E-state index in [9.17, 15) is 13.2 Å². The van der Waals surface area contributed by atoms with Gasteiger partial charge in [-0.05, 0) is 30.5 Å². The Bertz CT molecular complexity index is 624. The van der Waals surface area contributed by atoms with Crippen molar-refractivity contribution in [2.24, 2.45) is 0 Å². The molecule has 0 aromatic heterocycles. The first-order chi connectivity index (χ1) is 10.9. The summed E-state index contributed by atoms with van der Waals surface area (Å²) in [5.74, 6) is 1.07. The predicted octanol–water partition coefficient (Wildman–Crippen LogP) is 2.40. The molecule has 1 amide bonds. The maximum Gasteiger partial charge on any atom is 0.223 e. The van der Waals surface area contributed by atoms with Gasteiger partial charge < -0.3 is 9.64 Å². The first-order valence-electron chi connectivity index (χ1n) is 8.08. The standard InChI is InChI=1S/C17H25NO4S/c1-3-4-5-17(19)18(15-10-11-23(20,21)13-15)12-14-6-8-16(22-2)9-7-14/h6-9,15H,3-5,10-13H2,1-2H3. The van der Waals surface area contributed by atoms with Crippen molar-refractivity contribution >= 4 is 15.7 Å². The summed E-state index contributed by atoms with van der Waals surface area (Å²) in [4.78, 5) is 14.3. The molecule has 128 valence electrons. The van der Waals surface area contributed by atoms with Gasteiger partial charge in [-0.1, -0.05) is 25.5 Å². The monoisotopic (exact) mass is 339 g/mol. The molecule has 1 aliphatic heterocycles. The molecule has 2 rings (SSSR count). The zero-order valence-electron chi connectivity index (χ0n) is 13.8. The average Bonchev–Trinajstić information content (AvgIpc) is 2.90. The maximum absolute atomic E-state index is 12.5. The molecule has 1 fully saturated rings. The lowest BCUT2D eigenvalue weighted by Crippen LogP contribution is -2.40. The Labute approximate surface area is 138 Å². The van der Waals surface area contributed by atoms with Crippen LogP contribution in [0.15, 0.2) is 24.3 Å². The molecule has 5 nitrogen and oxygen atoms in total. The van der Waals surface area contributed by atoms with Gasteiger partial charge in [-0.25, -0.2) is 8.42 Å². The van der Waals surface area contributed by atoms with E-state index in [0.29, 0.717) is 19.4 Å². The Morgan fingerprint density at radius 2 is 2.00 bits per heavy atom. The number of hydrogen-bond donors (Lipinski definition) is 0. The van der Waals surface area contributed by atoms with Gasteiger partial charge in [0.15, 0.2) is 9.84 Å². The number of carbonyl (C=O) groups is 1. The number of carbonyl (C=O) groups excluding carboxylic acids is 1. The van der Waals surface area contributed by atoms with E-state index in [4.69, 9.17) is 4.74 Å². The number of amides is 1. The number of rotatable bonds is 7. The normalized spacial score (nSPS) is 19.5. The van der Waals surface area contributed by atoms with Crippen molar-refractivity contribution in [3.8, 4) is 5.75 Å². The molecule has 23 heavy (non-hydrogen) atoms. The Morgan fingerprint density at radius 1 is 1.30 bits per heavy atom. The van der Waals surface area contributed by atoms with Gasteiger partial charge in [-0.15, -0.1) is 0 Å². The zero-order valence-corrected chi connectivity index (χ0v) is 14.6. The molecule has 1 aromatic carbocycles. The van der Waals surface area contributed by atoms with E-state index in [2.05, 4.69) is 0 Å². The summed E-state index contributed by atoms with van der Waals surface area (Å²) in [6.07, 6.45) is 2.79. The Morgan fingerprint density at radius 3 is 2.52 bits per heavy atom. The van der Waals surface area contributed by atoms with Crippen LogP contribution >= 0.6 is 0 Å². The van der Waals surface area contributed by atoms with E-state index in [1.807, 2.05) is 31.2 Å². The molecule has 1 heterocycles. The summed E-state index contributed by atoms with van der Waals surface area (Å²) < 4.78 is 28.7. The van der Waals surface area contributed by atoms with Gasteiger partial charge >= 0.3 is 0 Å². The van der Waals surface area contributed by atoms with E-state index in [1.54, 1.807) is 12.0 Å². The Kier molecular flexibility index (Phi) is 6.04. The summed E-state index contributed by atoms with van der Waals surface area (Å²) in [5.41, 5.74) is 0.986. The molecule has 1 unspecified atom stereocenters. The van der Waals surface area contributed by atoms with E-state index in [-0.39, 0.29) is 23.5 Å². The second kappa shape index (κ2) is 7.81. The van der Waals surface area contributed by atoms with Crippen LogP contribution in [-0.4, -0.2) is 43.9 Å². The first-order valence-corrected chi connectivity index (χ1v) is 9.90. The smallest absolute Gasteiger partial charge is 0.223 e. The van der Waals surface area contributed by atoms with Gasteiger partial charge in [0.1, 0.15) is 5.75 Å². The van der Waals surface area contributed by atoms with Crippen molar-refractivity contribution in [1.82, 2.24) is 4.90 Å². The lowest BCUT2D eigenvalue weighted by molar-refractivity contribution is -0.133. The van der Waals surface area contributed by atoms with E-state index in [0.717, 1.165) is 24.2 Å². The van der Waals surface area contributed by atoms with E-state index >= 15 is 0 Å². The fraction of sp³-hybridized carbons (Fsp3) is 0.588. The van der Waals surface area contributed by atoms with Crippen LogP contribution < -0.4 is 4.74 Å². The molecule has 0 N–H and O–H groups in total. The second-order valence-corrected chi connectivity index (χ2v) is 8.26. The minimum atomic E-state index is -3.01. The van der Waals surface area contributed by atoms with Gasteiger partial charge in [-0.2, -0.15) is 0 Å². The van der Waals surface area contributed by atoms with Crippen molar-refractivity contribution < 1.29 is 17.9 Å². The molecule has 0 bridgehead atoms. The van der Waals surface area contributed by atoms with E-state index in [1.165, 1.54) is 0 Å². The summed E-state index contributed by atoms with van der Waals surface area (Å²) in [7, 11) is -1.40. The van der Waals surface area contributed by atoms with Crippen LogP contribution in [0.2, 0.25) is 0 Å². The predicted molar refractivity (Wildman–Crippen MR) is 90.1 cm³/mol. The highest BCUT2D eigenvalue weighted by atomic mass is 32.2. The van der Waals surface area contributed by atoms with Crippen molar-refractivity contribution in [2.75, 3.05) is 18.6 Å². The molecule has 0 radical (unpaired) electrons. The highest BCUT2D eigenvalue weighted by Gasteiger charge is 2.34. The van der Waals surface area contributed by atoms with Gasteiger partial charge in [0.25, 0.3) is 0 Å². The fourth-order valence-electron chi connectivity index (χ4n) is 2.84. The van der Waals surface area contributed by atoms with Crippen LogP contribution in [-0.2, 0) is 21.2 Å². The van der Waals surface area contributed by atoms with Crippen molar-refractivity contribution in [1.29, 1.82) is 0 Å². The molecule has 1 atom stereocenters. The number of ether oxygens (including phenoxy) is 1. The summed E-state index contributed by atoms with van der Waals surface area (Å²) in [6, 6.07) is 7.35. The zero-order chi connectivity index (χ0) is 16.9. The van der Waals surface area contributed by atoms with Crippen LogP contribution in [0.5, 0.6) is 5.75 Å². The topological polar surface area (TPSA) is 63.7 Å². The van der Waals surface area contributed by atoms with Crippen molar-refractivity contribution in [2.45, 2.75) is 45.2 Å². The number of hydrogen-bond acceptors (Lipinski definition) is 4. The molecule has 6 heteroatoms. The van der Waals surface area contributed by atoms with Crippen LogP contribution in [0.4, 0.5) is 0 Å². The van der Waals surface area contributed by atoms with Crippen LogP contribution in [0.3, 0.4) is 0 Å². The third-order valence-corrected chi connectivity index (χ3v) is 5.98. The van der Waals surface area contributed by atoms with Gasteiger partial charge in [0.2, 0.25) is 5.91 Å². The largest absolute Gasteiger partial charge is 0.497 e. The fourth-order valence-corrected chi connectivity index (χ4v) is 4.57. The van der Waals surface area contributed by atoms with Crippen LogP contribution in [0.25, 0.3) is 0 Å². The summed E-state index contributed by atoms with van der Waals surface area (Å²) in [6.45, 7) is 2.49. The van der Waals surface area contributed by atoms with Crippen molar-refractivity contribution in [3.05, 3.63) is 29.8 Å². The molecule has 0 aliphatic carbocycles. The lowest BCUT2D eigenvalue weighted by atomic mass is 10.1. The van der Waals surface area contributed by atoms with Gasteiger partial charge in [0.05, 0.1) is 18.6 Å². The molecular formula is C17H25NO4S. The van der Waals surface area contributed by atoms with Crippen molar-refractivity contribution in [3.63, 3.8) is 0 Å². The van der Waals surface area contributed by atoms with Crippen LogP contribution in [0, 0.1) is 0 Å². The third kappa shape index (κ3) is 4.96. The quantitative estimate of drug-likeness (QED) is 0.765.